The number of thiophene rings is 1. The van der Waals surface area contributed by atoms with E-state index in [1.54, 1.807) is 22.7 Å². The van der Waals surface area contributed by atoms with Crippen LogP contribution in [0.1, 0.15) is 31.7 Å². The topological polar surface area (TPSA) is 38.9 Å². The molecule has 0 saturated carbocycles. The van der Waals surface area contributed by atoms with Gasteiger partial charge in [0.2, 0.25) is 0 Å². The van der Waals surface area contributed by atoms with Crippen molar-refractivity contribution in [1.29, 1.82) is 0 Å². The molecule has 5 heteroatoms. The number of rotatable bonds is 4. The van der Waals surface area contributed by atoms with Gasteiger partial charge >= 0.3 is 0 Å². The van der Waals surface area contributed by atoms with Crippen molar-refractivity contribution in [3.63, 3.8) is 0 Å². The molecule has 2 aromatic heterocycles. The minimum Gasteiger partial charge on any atom is -0.319 e. The summed E-state index contributed by atoms with van der Waals surface area (Å²) in [5, 5.41) is 3.08. The first-order valence-electron chi connectivity index (χ1n) is 5.59. The van der Waals surface area contributed by atoms with E-state index in [0.29, 0.717) is 0 Å². The van der Waals surface area contributed by atoms with Crippen LogP contribution in [0.2, 0.25) is 4.34 Å². The van der Waals surface area contributed by atoms with Gasteiger partial charge in [0.25, 0.3) is 0 Å². The van der Waals surface area contributed by atoms with Gasteiger partial charge in [-0.25, -0.2) is 4.98 Å². The first kappa shape index (κ1) is 13.0. The van der Waals surface area contributed by atoms with Gasteiger partial charge in [0.15, 0.2) is 0 Å². The molecule has 0 amide bonds. The molecule has 2 heterocycles. The molecule has 17 heavy (non-hydrogen) atoms. The van der Waals surface area contributed by atoms with Crippen LogP contribution >= 0.6 is 34.3 Å². The molecule has 92 valence electrons. The van der Waals surface area contributed by atoms with Crippen LogP contribution in [0.15, 0.2) is 17.5 Å². The van der Waals surface area contributed by atoms with Gasteiger partial charge in [-0.15, -0.1) is 22.7 Å². The number of halogens is 1. The highest BCUT2D eigenvalue weighted by Gasteiger charge is 2.26. The summed E-state index contributed by atoms with van der Waals surface area (Å²) >= 11 is 9.12. The Morgan fingerprint density at radius 2 is 2.06 bits per heavy atom. The summed E-state index contributed by atoms with van der Waals surface area (Å²) in [7, 11) is 0. The quantitative estimate of drug-likeness (QED) is 0.899. The molecule has 0 fully saturated rings. The van der Waals surface area contributed by atoms with Crippen molar-refractivity contribution in [2.24, 2.45) is 5.73 Å². The maximum atomic E-state index is 6.34. The molecular weight excluding hydrogens is 272 g/mol. The van der Waals surface area contributed by atoms with Crippen LogP contribution in [-0.4, -0.2) is 4.98 Å². The fraction of sp³-hybridized carbons (Fsp3) is 0.417. The fourth-order valence-corrected chi connectivity index (χ4v) is 3.78. The highest BCUT2D eigenvalue weighted by atomic mass is 35.5. The van der Waals surface area contributed by atoms with E-state index in [-0.39, 0.29) is 5.54 Å². The second kappa shape index (κ2) is 5.06. The largest absolute Gasteiger partial charge is 0.319 e. The van der Waals surface area contributed by atoms with Gasteiger partial charge < -0.3 is 5.73 Å². The number of nitrogens with zero attached hydrogens (tertiary/aromatic N) is 1. The van der Waals surface area contributed by atoms with Crippen molar-refractivity contribution < 1.29 is 0 Å². The van der Waals surface area contributed by atoms with E-state index in [1.807, 2.05) is 12.1 Å². The molecule has 0 spiro atoms. The number of nitrogens with two attached hydrogens (primary N) is 1. The number of hydrogen-bond acceptors (Lipinski definition) is 4. The summed E-state index contributed by atoms with van der Waals surface area (Å²) in [4.78, 5) is 5.76. The van der Waals surface area contributed by atoms with Crippen molar-refractivity contribution in [3.8, 4) is 10.6 Å². The number of aromatic nitrogens is 1. The van der Waals surface area contributed by atoms with Gasteiger partial charge in [0.1, 0.15) is 5.01 Å². The molecule has 2 aromatic rings. The molecule has 0 aliphatic carbocycles. The molecule has 0 radical (unpaired) electrons. The lowest BCUT2D eigenvalue weighted by atomic mass is 9.95. The molecule has 0 aromatic carbocycles. The Morgan fingerprint density at radius 1 is 1.35 bits per heavy atom. The molecule has 0 atom stereocenters. The zero-order valence-electron chi connectivity index (χ0n) is 9.87. The van der Waals surface area contributed by atoms with Gasteiger partial charge in [0.05, 0.1) is 20.4 Å². The highest BCUT2D eigenvalue weighted by Crippen LogP contribution is 2.35. The number of hydrogen-bond donors (Lipinski definition) is 1. The Morgan fingerprint density at radius 3 is 2.59 bits per heavy atom. The van der Waals surface area contributed by atoms with E-state index in [0.717, 1.165) is 32.8 Å². The van der Waals surface area contributed by atoms with Crippen LogP contribution in [0, 0.1) is 0 Å². The van der Waals surface area contributed by atoms with Crippen LogP contribution < -0.4 is 5.73 Å². The Labute approximate surface area is 114 Å². The predicted molar refractivity (Wildman–Crippen MR) is 76.9 cm³/mol. The van der Waals surface area contributed by atoms with Gasteiger partial charge in [-0.1, -0.05) is 25.4 Å². The molecule has 0 aliphatic rings. The van der Waals surface area contributed by atoms with E-state index in [2.05, 4.69) is 24.2 Å². The molecule has 0 saturated heterocycles. The molecule has 0 aliphatic heterocycles. The fourth-order valence-electron chi connectivity index (χ4n) is 1.62. The van der Waals surface area contributed by atoms with Crippen LogP contribution in [0.25, 0.3) is 10.6 Å². The minimum atomic E-state index is -0.288. The lowest BCUT2D eigenvalue weighted by molar-refractivity contribution is 0.411. The summed E-state index contributed by atoms with van der Waals surface area (Å²) in [6.07, 6.45) is 1.81. The van der Waals surface area contributed by atoms with Crippen LogP contribution in [0.3, 0.4) is 0 Å². The van der Waals surface area contributed by atoms with E-state index >= 15 is 0 Å². The van der Waals surface area contributed by atoms with Crippen LogP contribution in [-0.2, 0) is 5.54 Å². The molecule has 2 rings (SSSR count). The van der Waals surface area contributed by atoms with Crippen molar-refractivity contribution in [1.82, 2.24) is 4.98 Å². The summed E-state index contributed by atoms with van der Waals surface area (Å²) in [6.45, 7) is 4.21. The monoisotopic (exact) mass is 286 g/mol. The van der Waals surface area contributed by atoms with Gasteiger partial charge in [-0.2, -0.15) is 0 Å². The Balaban J connectivity index is 2.33. The summed E-state index contributed by atoms with van der Waals surface area (Å²) in [5.74, 6) is 0. The Bertz CT molecular complexity index is 500. The standard InChI is InChI=1S/C12H15ClN2S2/c1-3-12(14,4-2)11-15-8(7-16-11)9-5-6-10(13)17-9/h5-7H,3-4,14H2,1-2H3. The van der Waals surface area contributed by atoms with Crippen molar-refractivity contribution in [2.45, 2.75) is 32.2 Å². The maximum Gasteiger partial charge on any atom is 0.113 e. The second-order valence-corrected chi connectivity index (χ2v) is 6.58. The van der Waals surface area contributed by atoms with E-state index in [4.69, 9.17) is 17.3 Å². The Hall–Kier alpha value is -0.420. The van der Waals surface area contributed by atoms with Crippen molar-refractivity contribution in [3.05, 3.63) is 26.9 Å². The third-order valence-electron chi connectivity index (χ3n) is 3.02. The first-order chi connectivity index (χ1) is 8.09. The second-order valence-electron chi connectivity index (χ2n) is 4.00. The van der Waals surface area contributed by atoms with Crippen LogP contribution in [0.4, 0.5) is 0 Å². The van der Waals surface area contributed by atoms with E-state index in [1.165, 1.54) is 0 Å². The summed E-state index contributed by atoms with van der Waals surface area (Å²) in [6, 6.07) is 3.90. The lowest BCUT2D eigenvalue weighted by Crippen LogP contribution is -2.34. The van der Waals surface area contributed by atoms with Crippen LogP contribution in [0.5, 0.6) is 0 Å². The van der Waals surface area contributed by atoms with Gasteiger partial charge in [-0.3, -0.25) is 0 Å². The first-order valence-corrected chi connectivity index (χ1v) is 7.67. The average Bonchev–Trinajstić information content (AvgIpc) is 2.96. The smallest absolute Gasteiger partial charge is 0.113 e. The number of thiazole rings is 1. The maximum absolute atomic E-state index is 6.34. The van der Waals surface area contributed by atoms with E-state index < -0.39 is 0 Å². The zero-order valence-corrected chi connectivity index (χ0v) is 12.3. The van der Waals surface area contributed by atoms with Crippen molar-refractivity contribution >= 4 is 34.3 Å². The predicted octanol–water partition coefficient (Wildman–Crippen LogP) is 4.50. The molecule has 0 bridgehead atoms. The third kappa shape index (κ3) is 2.55. The highest BCUT2D eigenvalue weighted by molar-refractivity contribution is 7.19. The zero-order chi connectivity index (χ0) is 12.5. The molecular formula is C12H15ClN2S2. The van der Waals surface area contributed by atoms with Gasteiger partial charge in [-0.05, 0) is 25.0 Å². The third-order valence-corrected chi connectivity index (χ3v) is 5.33. The normalized spacial score (nSPS) is 12.0. The molecule has 2 N–H and O–H groups in total. The van der Waals surface area contributed by atoms with Crippen molar-refractivity contribution in [2.75, 3.05) is 0 Å². The van der Waals surface area contributed by atoms with E-state index in [9.17, 15) is 0 Å². The minimum absolute atomic E-state index is 0.288. The molecule has 2 nitrogen and oxygen atoms in total. The van der Waals surface area contributed by atoms with Gasteiger partial charge in [0, 0.05) is 5.38 Å². The lowest BCUT2D eigenvalue weighted by Gasteiger charge is -2.23. The Kier molecular flexibility index (Phi) is 3.88. The average molecular weight is 287 g/mol. The molecule has 0 unspecified atom stereocenters. The summed E-state index contributed by atoms with van der Waals surface area (Å²) < 4.78 is 0.791. The summed E-state index contributed by atoms with van der Waals surface area (Å²) in [5.41, 5.74) is 7.04. The SMILES string of the molecule is CCC(N)(CC)c1nc(-c2ccc(Cl)s2)cs1.